The summed E-state index contributed by atoms with van der Waals surface area (Å²) in [6, 6.07) is 0. The molecule has 4 rings (SSSR count). The van der Waals surface area contributed by atoms with Crippen LogP contribution >= 0.6 is 0 Å². The Balaban J connectivity index is 1.91. The van der Waals surface area contributed by atoms with Gasteiger partial charge in [-0.15, -0.1) is 0 Å². The van der Waals surface area contributed by atoms with E-state index in [2.05, 4.69) is 34.6 Å². The number of carbonyl (C=O) groups is 4. The molecule has 0 unspecified atom stereocenters. The largest absolute Gasteiger partial charge is 0.478 e. The molecule has 0 amide bonds. The first-order valence-corrected chi connectivity index (χ1v) is 15.6. The molecule has 2 fully saturated rings. The molecule has 0 heterocycles. The smallest absolute Gasteiger partial charge is 0.330 e. The minimum absolute atomic E-state index is 0.0245. The van der Waals surface area contributed by atoms with Crippen LogP contribution in [0.3, 0.4) is 0 Å². The first-order valence-electron chi connectivity index (χ1n) is 15.6. The molecule has 0 spiro atoms. The van der Waals surface area contributed by atoms with Gasteiger partial charge in [0, 0.05) is 35.8 Å². The number of ether oxygens (including phenoxy) is 2. The van der Waals surface area contributed by atoms with E-state index in [0.717, 1.165) is 17.6 Å². The molecule has 4 aliphatic rings. The van der Waals surface area contributed by atoms with E-state index in [4.69, 9.17) is 9.47 Å². The van der Waals surface area contributed by atoms with Gasteiger partial charge >= 0.3 is 17.9 Å². The van der Waals surface area contributed by atoms with Crippen molar-refractivity contribution >= 4 is 23.7 Å². The fraction of sp³-hybridized carbons (Fsp3) is 0.765. The zero-order chi connectivity index (χ0) is 31.6. The lowest BCUT2D eigenvalue weighted by Gasteiger charge is -2.62. The Hall–Kier alpha value is -2.48. The molecule has 2 N–H and O–H groups in total. The van der Waals surface area contributed by atoms with E-state index in [-0.39, 0.29) is 35.1 Å². The van der Waals surface area contributed by atoms with Crippen molar-refractivity contribution in [2.24, 2.45) is 39.4 Å². The van der Waals surface area contributed by atoms with Gasteiger partial charge in [0.05, 0.1) is 6.10 Å². The molecule has 0 saturated heterocycles. The summed E-state index contributed by atoms with van der Waals surface area (Å²) in [4.78, 5) is 51.3. The lowest BCUT2D eigenvalue weighted by Crippen LogP contribution is -2.64. The molecule has 0 radical (unpaired) electrons. The van der Waals surface area contributed by atoms with Crippen molar-refractivity contribution in [1.29, 1.82) is 0 Å². The van der Waals surface area contributed by atoms with Crippen LogP contribution in [0.25, 0.3) is 0 Å². The van der Waals surface area contributed by atoms with Gasteiger partial charge in [-0.1, -0.05) is 53.2 Å². The molecule has 2 saturated carbocycles. The molecule has 0 aromatic carbocycles. The van der Waals surface area contributed by atoms with Crippen molar-refractivity contribution in [1.82, 2.24) is 0 Å². The summed E-state index contributed by atoms with van der Waals surface area (Å²) in [5.41, 5.74) is -0.502. The lowest BCUT2D eigenvalue weighted by molar-refractivity contribution is -0.180. The van der Waals surface area contributed by atoms with E-state index in [0.29, 0.717) is 38.5 Å². The number of carboxylic acid groups (broad SMARTS) is 1. The predicted octanol–water partition coefficient (Wildman–Crippen LogP) is 5.81. The second-order valence-electron chi connectivity index (χ2n) is 14.8. The molecule has 8 nitrogen and oxygen atoms in total. The van der Waals surface area contributed by atoms with Crippen molar-refractivity contribution in [3.63, 3.8) is 0 Å². The third-order valence-corrected chi connectivity index (χ3v) is 12.4. The minimum Gasteiger partial charge on any atom is -0.478 e. The van der Waals surface area contributed by atoms with Crippen LogP contribution in [0.15, 0.2) is 22.8 Å². The van der Waals surface area contributed by atoms with Crippen molar-refractivity contribution < 1.29 is 38.9 Å². The van der Waals surface area contributed by atoms with Crippen molar-refractivity contribution in [3.05, 3.63) is 22.8 Å². The molecular weight excluding hydrogens is 536 g/mol. The van der Waals surface area contributed by atoms with E-state index < -0.39 is 51.9 Å². The van der Waals surface area contributed by atoms with Gasteiger partial charge in [-0.2, -0.15) is 0 Å². The van der Waals surface area contributed by atoms with Crippen LogP contribution in [-0.2, 0) is 28.7 Å². The van der Waals surface area contributed by atoms with Crippen molar-refractivity contribution in [2.45, 2.75) is 126 Å². The molecule has 0 aliphatic heterocycles. The number of carboxylic acids is 1. The fourth-order valence-corrected chi connectivity index (χ4v) is 9.95. The van der Waals surface area contributed by atoms with Gasteiger partial charge in [0.2, 0.25) is 5.78 Å². The highest BCUT2D eigenvalue weighted by Gasteiger charge is 2.73. The standard InChI is InChI=1S/C34H50O8/c1-18(11-10-12-19(2)30(39)40)23-17-26(41-20(3)35)33(8)22-13-14-24-31(5,6)25(37)15-16-32(24,7)27(22)28(38)29(34(23,33)9)42-21(4)36/h12,18,23-26,29,37H,10-11,13-17H2,1-9H3,(H,39,40)/b19-12+/t18-,23-,24+,25+,26+,29-,32+,33-,34+/m1/s1. The number of aliphatic hydroxyl groups is 1. The van der Waals surface area contributed by atoms with Crippen LogP contribution in [0.4, 0.5) is 0 Å². The van der Waals surface area contributed by atoms with Gasteiger partial charge in [-0.05, 0) is 80.5 Å². The highest BCUT2D eigenvalue weighted by molar-refractivity contribution is 6.04. The predicted molar refractivity (Wildman–Crippen MR) is 157 cm³/mol. The van der Waals surface area contributed by atoms with Crippen molar-refractivity contribution in [3.8, 4) is 0 Å². The van der Waals surface area contributed by atoms with Crippen LogP contribution in [0.2, 0.25) is 0 Å². The molecule has 0 aromatic rings. The number of rotatable bonds is 7. The van der Waals surface area contributed by atoms with E-state index in [1.165, 1.54) is 13.8 Å². The highest BCUT2D eigenvalue weighted by atomic mass is 16.6. The van der Waals surface area contributed by atoms with E-state index in [1.54, 1.807) is 13.0 Å². The average molecular weight is 587 g/mol. The Morgan fingerprint density at radius 2 is 1.64 bits per heavy atom. The monoisotopic (exact) mass is 586 g/mol. The normalized spacial score (nSPS) is 40.0. The summed E-state index contributed by atoms with van der Waals surface area (Å²) < 4.78 is 12.2. The number of hydrogen-bond acceptors (Lipinski definition) is 7. The topological polar surface area (TPSA) is 127 Å². The Kier molecular flexibility index (Phi) is 8.42. The maximum Gasteiger partial charge on any atom is 0.330 e. The Labute approximate surface area is 250 Å². The van der Waals surface area contributed by atoms with E-state index in [1.807, 2.05) is 6.92 Å². The molecule has 42 heavy (non-hydrogen) atoms. The molecule has 9 atom stereocenters. The second kappa shape index (κ2) is 10.9. The first-order chi connectivity index (χ1) is 19.3. The molecule has 4 aliphatic carbocycles. The first kappa shape index (κ1) is 32.4. The van der Waals surface area contributed by atoms with Gasteiger partial charge in [0.1, 0.15) is 6.10 Å². The summed E-state index contributed by atoms with van der Waals surface area (Å²) in [7, 11) is 0. The number of allylic oxidation sites excluding steroid dienone is 1. The Morgan fingerprint density at radius 1 is 1.02 bits per heavy atom. The number of hydrogen-bond donors (Lipinski definition) is 2. The van der Waals surface area contributed by atoms with Crippen LogP contribution in [-0.4, -0.2) is 52.2 Å². The summed E-state index contributed by atoms with van der Waals surface area (Å²) in [5.74, 6) is -2.06. The summed E-state index contributed by atoms with van der Waals surface area (Å²) in [6.07, 6.45) is 4.12. The molecule has 0 bridgehead atoms. The maximum atomic E-state index is 14.8. The molecule has 234 valence electrons. The van der Waals surface area contributed by atoms with Crippen LogP contribution in [0, 0.1) is 39.4 Å². The molecular formula is C34H50O8. The number of aliphatic hydroxyl groups excluding tert-OH is 1. The summed E-state index contributed by atoms with van der Waals surface area (Å²) >= 11 is 0. The number of carbonyl (C=O) groups excluding carboxylic acids is 3. The zero-order valence-corrected chi connectivity index (χ0v) is 26.8. The van der Waals surface area contributed by atoms with E-state index >= 15 is 0 Å². The average Bonchev–Trinajstić information content (AvgIpc) is 3.11. The van der Waals surface area contributed by atoms with Gasteiger partial charge < -0.3 is 19.7 Å². The van der Waals surface area contributed by atoms with Crippen LogP contribution < -0.4 is 0 Å². The fourth-order valence-electron chi connectivity index (χ4n) is 9.95. The van der Waals surface area contributed by atoms with Gasteiger partial charge in [-0.3, -0.25) is 14.4 Å². The molecule has 0 aromatic heterocycles. The van der Waals surface area contributed by atoms with Crippen molar-refractivity contribution in [2.75, 3.05) is 0 Å². The zero-order valence-electron chi connectivity index (χ0n) is 26.8. The minimum atomic E-state index is -1.05. The number of fused-ring (bicyclic) bond motifs is 4. The van der Waals surface area contributed by atoms with Crippen LogP contribution in [0.1, 0.15) is 107 Å². The third-order valence-electron chi connectivity index (χ3n) is 12.4. The lowest BCUT2D eigenvalue weighted by atomic mass is 9.42. The number of Topliss-reactive ketones (excluding diaryl/α,β-unsaturated/α-hetero) is 1. The maximum absolute atomic E-state index is 14.8. The number of esters is 2. The molecule has 8 heteroatoms. The second-order valence-corrected chi connectivity index (χ2v) is 14.8. The highest BCUT2D eigenvalue weighted by Crippen LogP contribution is 2.72. The van der Waals surface area contributed by atoms with Gasteiger partial charge in [0.25, 0.3) is 0 Å². The number of aliphatic carboxylic acids is 1. The third kappa shape index (κ3) is 4.67. The summed E-state index contributed by atoms with van der Waals surface area (Å²) in [5, 5.41) is 20.3. The Morgan fingerprint density at radius 3 is 2.21 bits per heavy atom. The Bertz CT molecular complexity index is 1230. The van der Waals surface area contributed by atoms with Crippen LogP contribution in [0.5, 0.6) is 0 Å². The van der Waals surface area contributed by atoms with E-state index in [9.17, 15) is 29.4 Å². The number of ketones is 1. The van der Waals surface area contributed by atoms with Gasteiger partial charge in [0.15, 0.2) is 6.10 Å². The quantitative estimate of drug-likeness (QED) is 0.283. The SMILES string of the molecule is CC(=O)O[C@@H]1C(=O)C2=C(CC[C@H]3C(C)(C)[C@@H](O)CC[C@]23C)[C@]2(C)[C@@H](OC(C)=O)C[C@H]([C@H](C)CC/C=C(\C)C(=O)O)[C@@]12C. The van der Waals surface area contributed by atoms with Gasteiger partial charge in [-0.25, -0.2) is 4.79 Å². The summed E-state index contributed by atoms with van der Waals surface area (Å²) in [6.45, 7) is 16.9.